The van der Waals surface area contributed by atoms with Gasteiger partial charge in [0.05, 0.1) is 17.6 Å². The van der Waals surface area contributed by atoms with E-state index in [9.17, 15) is 9.18 Å². The summed E-state index contributed by atoms with van der Waals surface area (Å²) in [7, 11) is 0. The average Bonchev–Trinajstić information content (AvgIpc) is 3.17. The lowest BCUT2D eigenvalue weighted by molar-refractivity contribution is -0.121. The molecule has 3 aromatic rings. The molecule has 0 saturated heterocycles. The van der Waals surface area contributed by atoms with Crippen molar-refractivity contribution in [2.45, 2.75) is 19.3 Å². The molecule has 7 heteroatoms. The number of aryl methyl sites for hydroxylation is 1. The number of primary amides is 1. The van der Waals surface area contributed by atoms with Gasteiger partial charge in [-0.2, -0.15) is 10.2 Å². The van der Waals surface area contributed by atoms with Crippen molar-refractivity contribution in [2.24, 2.45) is 5.73 Å². The number of rotatable bonds is 4. The monoisotopic (exact) mass is 313 g/mol. The number of H-pyrrole nitrogens is 1. The molecule has 0 saturated carbocycles. The Kier molecular flexibility index (Phi) is 3.48. The van der Waals surface area contributed by atoms with Crippen LogP contribution < -0.4 is 5.73 Å². The largest absolute Gasteiger partial charge is 0.369 e. The quantitative estimate of drug-likeness (QED) is 0.770. The lowest BCUT2D eigenvalue weighted by Gasteiger charge is -2.22. The van der Waals surface area contributed by atoms with E-state index in [2.05, 4.69) is 15.3 Å². The standard InChI is InChI=1S/C16H16FN5O/c1-10-5-12(17)7-13(6-10)22-9-11(8-20-22)16(2,15(18)23)14-3-4-19-21-14/h3-9H,1-2H3,(H2,18,23)(H,19,21). The molecule has 0 spiro atoms. The molecule has 0 fully saturated rings. The highest BCUT2D eigenvalue weighted by atomic mass is 19.1. The van der Waals surface area contributed by atoms with E-state index < -0.39 is 11.3 Å². The fourth-order valence-electron chi connectivity index (χ4n) is 2.54. The summed E-state index contributed by atoms with van der Waals surface area (Å²) < 4.78 is 15.1. The Morgan fingerprint density at radius 3 is 2.78 bits per heavy atom. The summed E-state index contributed by atoms with van der Waals surface area (Å²) >= 11 is 0. The van der Waals surface area contributed by atoms with Crippen molar-refractivity contribution in [3.8, 4) is 5.69 Å². The zero-order chi connectivity index (χ0) is 16.6. The maximum atomic E-state index is 13.6. The zero-order valence-corrected chi connectivity index (χ0v) is 12.7. The fraction of sp³-hybridized carbons (Fsp3) is 0.188. The average molecular weight is 313 g/mol. The number of halogens is 1. The molecule has 0 bridgehead atoms. The van der Waals surface area contributed by atoms with Crippen LogP contribution in [-0.4, -0.2) is 25.9 Å². The summed E-state index contributed by atoms with van der Waals surface area (Å²) in [5.41, 5.74) is 7.02. The van der Waals surface area contributed by atoms with Crippen LogP contribution in [0, 0.1) is 12.7 Å². The smallest absolute Gasteiger partial charge is 0.233 e. The van der Waals surface area contributed by atoms with Crippen LogP contribution >= 0.6 is 0 Å². The maximum absolute atomic E-state index is 13.6. The molecular formula is C16H16FN5O. The normalized spacial score (nSPS) is 13.7. The van der Waals surface area contributed by atoms with Crippen molar-refractivity contribution in [3.63, 3.8) is 0 Å². The molecule has 1 atom stereocenters. The Labute approximate surface area is 132 Å². The van der Waals surface area contributed by atoms with Gasteiger partial charge in [0, 0.05) is 18.0 Å². The summed E-state index contributed by atoms with van der Waals surface area (Å²) in [5, 5.41) is 10.9. The molecule has 2 aromatic heterocycles. The number of benzene rings is 1. The predicted molar refractivity (Wildman–Crippen MR) is 82.5 cm³/mol. The molecule has 0 aliphatic heterocycles. The highest BCUT2D eigenvalue weighted by Crippen LogP contribution is 2.30. The predicted octanol–water partition coefficient (Wildman–Crippen LogP) is 1.83. The maximum Gasteiger partial charge on any atom is 0.233 e. The number of carbonyl (C=O) groups excluding carboxylic acids is 1. The van der Waals surface area contributed by atoms with Crippen LogP contribution in [0.2, 0.25) is 0 Å². The number of aromatic nitrogens is 4. The van der Waals surface area contributed by atoms with E-state index in [4.69, 9.17) is 5.73 Å². The second kappa shape index (κ2) is 5.35. The van der Waals surface area contributed by atoms with Gasteiger partial charge in [-0.3, -0.25) is 9.89 Å². The minimum absolute atomic E-state index is 0.344. The van der Waals surface area contributed by atoms with Crippen molar-refractivity contribution in [2.75, 3.05) is 0 Å². The van der Waals surface area contributed by atoms with E-state index in [1.165, 1.54) is 16.8 Å². The molecule has 0 aliphatic rings. The van der Waals surface area contributed by atoms with Gasteiger partial charge in [-0.25, -0.2) is 9.07 Å². The molecule has 1 amide bonds. The molecule has 3 N–H and O–H groups in total. The van der Waals surface area contributed by atoms with Gasteiger partial charge in [0.15, 0.2) is 0 Å². The minimum atomic E-state index is -1.10. The SMILES string of the molecule is Cc1cc(F)cc(-n2cc(C(C)(C(N)=O)c3ccn[nH]3)cn2)c1. The fourth-order valence-corrected chi connectivity index (χ4v) is 2.54. The number of aromatic amines is 1. The Hall–Kier alpha value is -2.96. The van der Waals surface area contributed by atoms with E-state index in [0.717, 1.165) is 5.56 Å². The number of amides is 1. The molecule has 118 valence electrons. The van der Waals surface area contributed by atoms with E-state index >= 15 is 0 Å². The van der Waals surface area contributed by atoms with Gasteiger partial charge in [-0.1, -0.05) is 0 Å². The van der Waals surface area contributed by atoms with Crippen LogP contribution in [0.25, 0.3) is 5.69 Å². The second-order valence-corrected chi connectivity index (χ2v) is 5.62. The Balaban J connectivity index is 2.08. The first-order valence-corrected chi connectivity index (χ1v) is 7.04. The molecule has 3 rings (SSSR count). The number of carbonyl (C=O) groups is 1. The number of nitrogens with two attached hydrogens (primary N) is 1. The lowest BCUT2D eigenvalue weighted by atomic mass is 9.80. The first-order valence-electron chi connectivity index (χ1n) is 7.04. The number of nitrogens with zero attached hydrogens (tertiary/aromatic N) is 3. The molecule has 1 aromatic carbocycles. The van der Waals surface area contributed by atoms with Gasteiger partial charge in [0.2, 0.25) is 5.91 Å². The number of hydrogen-bond acceptors (Lipinski definition) is 3. The second-order valence-electron chi connectivity index (χ2n) is 5.62. The topological polar surface area (TPSA) is 89.6 Å². The van der Waals surface area contributed by atoms with E-state index in [0.29, 0.717) is 16.9 Å². The van der Waals surface area contributed by atoms with Crippen molar-refractivity contribution >= 4 is 5.91 Å². The van der Waals surface area contributed by atoms with E-state index in [-0.39, 0.29) is 5.82 Å². The Bertz CT molecular complexity index is 835. The van der Waals surface area contributed by atoms with Crippen LogP contribution in [0.15, 0.2) is 42.9 Å². The number of hydrogen-bond donors (Lipinski definition) is 2. The summed E-state index contributed by atoms with van der Waals surface area (Å²) in [4.78, 5) is 12.1. The Morgan fingerprint density at radius 1 is 1.39 bits per heavy atom. The zero-order valence-electron chi connectivity index (χ0n) is 12.7. The summed E-state index contributed by atoms with van der Waals surface area (Å²) in [6, 6.07) is 6.31. The van der Waals surface area contributed by atoms with Crippen molar-refractivity contribution < 1.29 is 9.18 Å². The number of nitrogens with one attached hydrogen (secondary N) is 1. The van der Waals surface area contributed by atoms with Gasteiger partial charge in [0.1, 0.15) is 11.2 Å². The Morgan fingerprint density at radius 2 is 2.17 bits per heavy atom. The molecular weight excluding hydrogens is 297 g/mol. The summed E-state index contributed by atoms with van der Waals surface area (Å²) in [6.07, 6.45) is 4.77. The van der Waals surface area contributed by atoms with Crippen LogP contribution in [0.5, 0.6) is 0 Å². The highest BCUT2D eigenvalue weighted by molar-refractivity contribution is 5.89. The van der Waals surface area contributed by atoms with Crippen molar-refractivity contribution in [1.82, 2.24) is 20.0 Å². The van der Waals surface area contributed by atoms with E-state index in [1.807, 2.05) is 0 Å². The molecule has 0 aliphatic carbocycles. The van der Waals surface area contributed by atoms with E-state index in [1.54, 1.807) is 44.6 Å². The third-order valence-corrected chi connectivity index (χ3v) is 3.98. The van der Waals surface area contributed by atoms with Crippen molar-refractivity contribution in [3.05, 3.63) is 65.5 Å². The van der Waals surface area contributed by atoms with Crippen LogP contribution in [0.1, 0.15) is 23.7 Å². The van der Waals surface area contributed by atoms with Gasteiger partial charge in [-0.05, 0) is 43.7 Å². The first kappa shape index (κ1) is 15.0. The molecule has 0 radical (unpaired) electrons. The van der Waals surface area contributed by atoms with Crippen molar-refractivity contribution in [1.29, 1.82) is 0 Å². The van der Waals surface area contributed by atoms with Crippen LogP contribution in [0.4, 0.5) is 4.39 Å². The minimum Gasteiger partial charge on any atom is -0.369 e. The van der Waals surface area contributed by atoms with Gasteiger partial charge in [0.25, 0.3) is 0 Å². The van der Waals surface area contributed by atoms with Gasteiger partial charge < -0.3 is 5.73 Å². The lowest BCUT2D eigenvalue weighted by Crippen LogP contribution is -2.39. The molecule has 23 heavy (non-hydrogen) atoms. The highest BCUT2D eigenvalue weighted by Gasteiger charge is 2.38. The molecule has 6 nitrogen and oxygen atoms in total. The molecule has 1 unspecified atom stereocenters. The van der Waals surface area contributed by atoms with Gasteiger partial charge >= 0.3 is 0 Å². The third kappa shape index (κ3) is 2.50. The molecule has 2 heterocycles. The summed E-state index contributed by atoms with van der Waals surface area (Å²) in [5.74, 6) is -0.875. The third-order valence-electron chi connectivity index (χ3n) is 3.98. The van der Waals surface area contributed by atoms with Gasteiger partial charge in [-0.15, -0.1) is 0 Å². The first-order chi connectivity index (χ1) is 10.9. The van der Waals surface area contributed by atoms with Crippen LogP contribution in [0.3, 0.4) is 0 Å². The van der Waals surface area contributed by atoms with Crippen LogP contribution in [-0.2, 0) is 10.2 Å². The summed E-state index contributed by atoms with van der Waals surface area (Å²) in [6.45, 7) is 3.50.